The highest BCUT2D eigenvalue weighted by molar-refractivity contribution is 5.65. The topological polar surface area (TPSA) is 38.0 Å². The first kappa shape index (κ1) is 13.3. The van der Waals surface area contributed by atoms with Gasteiger partial charge in [-0.2, -0.15) is 0 Å². The number of rotatable bonds is 4. The Morgan fingerprint density at radius 3 is 2.14 bits per heavy atom. The number of nitrogens with one attached hydrogen (secondary N) is 1. The summed E-state index contributed by atoms with van der Waals surface area (Å²) < 4.78 is 0. The molecule has 0 aromatic heterocycles. The number of hydrogen-bond acceptors (Lipinski definition) is 2. The van der Waals surface area contributed by atoms with E-state index in [1.54, 1.807) is 0 Å². The standard InChI is InChI=1S/C19H18N2/c20-18-8-4-5-15(13-18)14-21-19-11-9-17(10-12-19)16-6-2-1-3-7-16/h1-13,21H,14,20H2. The number of hydrogen-bond donors (Lipinski definition) is 2. The summed E-state index contributed by atoms with van der Waals surface area (Å²) in [5, 5.41) is 3.41. The van der Waals surface area contributed by atoms with Gasteiger partial charge < -0.3 is 11.1 Å². The van der Waals surface area contributed by atoms with Crippen molar-refractivity contribution in [2.24, 2.45) is 0 Å². The highest BCUT2D eigenvalue weighted by Crippen LogP contribution is 2.21. The fourth-order valence-corrected chi connectivity index (χ4v) is 2.32. The molecular formula is C19H18N2. The van der Waals surface area contributed by atoms with Gasteiger partial charge in [0.2, 0.25) is 0 Å². The summed E-state index contributed by atoms with van der Waals surface area (Å²) in [5.74, 6) is 0. The lowest BCUT2D eigenvalue weighted by Crippen LogP contribution is -1.99. The van der Waals surface area contributed by atoms with E-state index < -0.39 is 0 Å². The lowest BCUT2D eigenvalue weighted by molar-refractivity contribution is 1.15. The summed E-state index contributed by atoms with van der Waals surface area (Å²) >= 11 is 0. The summed E-state index contributed by atoms with van der Waals surface area (Å²) in [6.45, 7) is 0.774. The first-order valence-corrected chi connectivity index (χ1v) is 7.05. The Labute approximate surface area is 125 Å². The maximum Gasteiger partial charge on any atom is 0.0401 e. The number of nitrogen functional groups attached to an aromatic ring is 1. The minimum Gasteiger partial charge on any atom is -0.399 e. The molecule has 0 spiro atoms. The summed E-state index contributed by atoms with van der Waals surface area (Å²) in [5.41, 5.74) is 11.3. The molecule has 3 rings (SSSR count). The molecule has 0 aliphatic carbocycles. The third kappa shape index (κ3) is 3.42. The van der Waals surface area contributed by atoms with E-state index in [9.17, 15) is 0 Å². The smallest absolute Gasteiger partial charge is 0.0401 e. The van der Waals surface area contributed by atoms with Crippen molar-refractivity contribution in [1.29, 1.82) is 0 Å². The molecule has 0 radical (unpaired) electrons. The Bertz CT molecular complexity index is 703. The molecular weight excluding hydrogens is 256 g/mol. The lowest BCUT2D eigenvalue weighted by atomic mass is 10.1. The lowest BCUT2D eigenvalue weighted by Gasteiger charge is -2.08. The Balaban J connectivity index is 1.68. The second-order valence-electron chi connectivity index (χ2n) is 5.04. The molecule has 0 aliphatic rings. The van der Waals surface area contributed by atoms with Crippen LogP contribution in [0.15, 0.2) is 78.9 Å². The molecule has 3 N–H and O–H groups in total. The molecule has 0 saturated heterocycles. The first-order valence-electron chi connectivity index (χ1n) is 7.05. The average Bonchev–Trinajstić information content (AvgIpc) is 2.54. The predicted molar refractivity (Wildman–Crippen MR) is 90.1 cm³/mol. The van der Waals surface area contributed by atoms with E-state index in [1.165, 1.54) is 16.7 Å². The largest absolute Gasteiger partial charge is 0.399 e. The Hall–Kier alpha value is -2.74. The molecule has 0 bridgehead atoms. The zero-order chi connectivity index (χ0) is 14.5. The van der Waals surface area contributed by atoms with Crippen LogP contribution in [0.3, 0.4) is 0 Å². The van der Waals surface area contributed by atoms with Crippen molar-refractivity contribution in [3.63, 3.8) is 0 Å². The van der Waals surface area contributed by atoms with Crippen molar-refractivity contribution in [3.8, 4) is 11.1 Å². The Morgan fingerprint density at radius 1 is 0.714 bits per heavy atom. The highest BCUT2D eigenvalue weighted by atomic mass is 14.9. The fourth-order valence-electron chi connectivity index (χ4n) is 2.32. The van der Waals surface area contributed by atoms with Crippen molar-refractivity contribution in [2.75, 3.05) is 11.1 Å². The quantitative estimate of drug-likeness (QED) is 0.685. The second kappa shape index (κ2) is 6.14. The number of benzene rings is 3. The van der Waals surface area contributed by atoms with Crippen LogP contribution in [-0.4, -0.2) is 0 Å². The molecule has 0 heterocycles. The average molecular weight is 274 g/mol. The van der Waals surface area contributed by atoms with Gasteiger partial charge in [0.25, 0.3) is 0 Å². The molecule has 104 valence electrons. The van der Waals surface area contributed by atoms with E-state index in [1.807, 2.05) is 24.3 Å². The van der Waals surface area contributed by atoms with Gasteiger partial charge in [0.15, 0.2) is 0 Å². The Morgan fingerprint density at radius 2 is 1.43 bits per heavy atom. The van der Waals surface area contributed by atoms with Crippen LogP contribution in [-0.2, 0) is 6.54 Å². The zero-order valence-corrected chi connectivity index (χ0v) is 11.8. The van der Waals surface area contributed by atoms with Gasteiger partial charge in [0.05, 0.1) is 0 Å². The van der Waals surface area contributed by atoms with Crippen molar-refractivity contribution in [2.45, 2.75) is 6.54 Å². The second-order valence-corrected chi connectivity index (χ2v) is 5.04. The van der Waals surface area contributed by atoms with Crippen LogP contribution in [0, 0.1) is 0 Å². The first-order chi connectivity index (χ1) is 10.3. The highest BCUT2D eigenvalue weighted by Gasteiger charge is 1.98. The SMILES string of the molecule is Nc1cccc(CNc2ccc(-c3ccccc3)cc2)c1. The van der Waals surface area contributed by atoms with Gasteiger partial charge in [-0.3, -0.25) is 0 Å². The maximum atomic E-state index is 5.78. The van der Waals surface area contributed by atoms with Crippen LogP contribution < -0.4 is 11.1 Å². The summed E-state index contributed by atoms with van der Waals surface area (Å²) in [4.78, 5) is 0. The summed E-state index contributed by atoms with van der Waals surface area (Å²) in [6, 6.07) is 26.8. The van der Waals surface area contributed by atoms with Crippen molar-refractivity contribution < 1.29 is 0 Å². The third-order valence-corrected chi connectivity index (χ3v) is 3.44. The van der Waals surface area contributed by atoms with Crippen LogP contribution in [0.2, 0.25) is 0 Å². The molecule has 0 fully saturated rings. The van der Waals surface area contributed by atoms with Gasteiger partial charge in [-0.1, -0.05) is 54.6 Å². The normalized spacial score (nSPS) is 10.3. The maximum absolute atomic E-state index is 5.78. The van der Waals surface area contributed by atoms with E-state index >= 15 is 0 Å². The van der Waals surface area contributed by atoms with Gasteiger partial charge in [0.1, 0.15) is 0 Å². The van der Waals surface area contributed by atoms with E-state index in [-0.39, 0.29) is 0 Å². The molecule has 2 heteroatoms. The molecule has 0 amide bonds. The van der Waals surface area contributed by atoms with E-state index in [0.717, 1.165) is 17.9 Å². The van der Waals surface area contributed by atoms with Crippen molar-refractivity contribution in [3.05, 3.63) is 84.4 Å². The zero-order valence-electron chi connectivity index (χ0n) is 11.8. The van der Waals surface area contributed by atoms with Gasteiger partial charge >= 0.3 is 0 Å². The molecule has 3 aromatic rings. The molecule has 2 nitrogen and oxygen atoms in total. The molecule has 21 heavy (non-hydrogen) atoms. The summed E-state index contributed by atoms with van der Waals surface area (Å²) in [6.07, 6.45) is 0. The van der Waals surface area contributed by atoms with E-state index in [2.05, 4.69) is 59.9 Å². The van der Waals surface area contributed by atoms with Gasteiger partial charge in [0, 0.05) is 17.9 Å². The Kier molecular flexibility index (Phi) is 3.88. The molecule has 0 saturated carbocycles. The van der Waals surface area contributed by atoms with Gasteiger partial charge in [-0.15, -0.1) is 0 Å². The van der Waals surface area contributed by atoms with Crippen LogP contribution in [0.5, 0.6) is 0 Å². The minimum atomic E-state index is 0.774. The van der Waals surface area contributed by atoms with Gasteiger partial charge in [-0.05, 0) is 41.0 Å². The molecule has 3 aromatic carbocycles. The molecule has 0 unspecified atom stereocenters. The third-order valence-electron chi connectivity index (χ3n) is 3.44. The molecule has 0 aliphatic heterocycles. The van der Waals surface area contributed by atoms with E-state index in [4.69, 9.17) is 5.73 Å². The van der Waals surface area contributed by atoms with Crippen LogP contribution in [0.1, 0.15) is 5.56 Å². The van der Waals surface area contributed by atoms with Crippen molar-refractivity contribution >= 4 is 11.4 Å². The number of anilines is 2. The molecule has 0 atom stereocenters. The van der Waals surface area contributed by atoms with E-state index in [0.29, 0.717) is 0 Å². The van der Waals surface area contributed by atoms with Crippen LogP contribution >= 0.6 is 0 Å². The van der Waals surface area contributed by atoms with Crippen molar-refractivity contribution in [1.82, 2.24) is 0 Å². The van der Waals surface area contributed by atoms with Crippen LogP contribution in [0.4, 0.5) is 11.4 Å². The fraction of sp³-hybridized carbons (Fsp3) is 0.0526. The monoisotopic (exact) mass is 274 g/mol. The summed E-state index contributed by atoms with van der Waals surface area (Å²) in [7, 11) is 0. The minimum absolute atomic E-state index is 0.774. The predicted octanol–water partition coefficient (Wildman–Crippen LogP) is 4.55. The van der Waals surface area contributed by atoms with Gasteiger partial charge in [-0.25, -0.2) is 0 Å². The van der Waals surface area contributed by atoms with Crippen LogP contribution in [0.25, 0.3) is 11.1 Å². The number of nitrogens with two attached hydrogens (primary N) is 1.